The lowest BCUT2D eigenvalue weighted by atomic mass is 9.92. The maximum absolute atomic E-state index is 11.2. The molecule has 2 aliphatic heterocycles. The van der Waals surface area contributed by atoms with Crippen LogP contribution >= 0.6 is 23.2 Å². The van der Waals surface area contributed by atoms with Gasteiger partial charge in [-0.2, -0.15) is 0 Å². The molecule has 0 aromatic heterocycles. The summed E-state index contributed by atoms with van der Waals surface area (Å²) in [6.45, 7) is 7.67. The summed E-state index contributed by atoms with van der Waals surface area (Å²) in [7, 11) is 0. The van der Waals surface area contributed by atoms with Crippen LogP contribution in [0.3, 0.4) is 0 Å². The standard InChI is InChI=1S/C21H28Cl2N2O/c1-16(26)15-25-11-6-17(7-12-25)5-10-24-13-8-18(9-14-24)19-3-2-4-20(22)21(19)23/h2-4,8,17H,5-7,9-15H2,1H3. The van der Waals surface area contributed by atoms with Gasteiger partial charge in [0.15, 0.2) is 0 Å². The van der Waals surface area contributed by atoms with Crippen LogP contribution in [-0.2, 0) is 4.79 Å². The zero-order valence-electron chi connectivity index (χ0n) is 15.5. The van der Waals surface area contributed by atoms with Crippen molar-refractivity contribution in [1.82, 2.24) is 9.80 Å². The van der Waals surface area contributed by atoms with E-state index in [1.54, 1.807) is 6.92 Å². The fraction of sp³-hybridized carbons (Fsp3) is 0.571. The van der Waals surface area contributed by atoms with Crippen LogP contribution in [-0.4, -0.2) is 54.9 Å². The Hall–Kier alpha value is -0.870. The topological polar surface area (TPSA) is 23.6 Å². The van der Waals surface area contributed by atoms with Gasteiger partial charge in [-0.25, -0.2) is 0 Å². The minimum absolute atomic E-state index is 0.277. The summed E-state index contributed by atoms with van der Waals surface area (Å²) in [6, 6.07) is 5.87. The zero-order chi connectivity index (χ0) is 18.5. The van der Waals surface area contributed by atoms with Gasteiger partial charge in [-0.05, 0) is 75.4 Å². The van der Waals surface area contributed by atoms with Gasteiger partial charge in [-0.15, -0.1) is 0 Å². The van der Waals surface area contributed by atoms with E-state index in [4.69, 9.17) is 23.2 Å². The second kappa shape index (κ2) is 9.36. The van der Waals surface area contributed by atoms with E-state index in [1.807, 2.05) is 12.1 Å². The lowest BCUT2D eigenvalue weighted by molar-refractivity contribution is -0.118. The third-order valence-corrected chi connectivity index (χ3v) is 6.42. The molecule has 0 spiro atoms. The molecule has 1 fully saturated rings. The lowest BCUT2D eigenvalue weighted by Gasteiger charge is -2.33. The summed E-state index contributed by atoms with van der Waals surface area (Å²) < 4.78 is 0. The third-order valence-electron chi connectivity index (χ3n) is 5.60. The Kier molecular flexibility index (Phi) is 7.16. The molecule has 0 bridgehead atoms. The summed E-state index contributed by atoms with van der Waals surface area (Å²) in [6.07, 6.45) is 7.03. The number of rotatable bonds is 6. The maximum atomic E-state index is 11.2. The fourth-order valence-corrected chi connectivity index (χ4v) is 4.45. The van der Waals surface area contributed by atoms with Crippen molar-refractivity contribution < 1.29 is 4.79 Å². The Morgan fingerprint density at radius 1 is 1.15 bits per heavy atom. The van der Waals surface area contributed by atoms with Crippen LogP contribution in [0.2, 0.25) is 10.0 Å². The highest BCUT2D eigenvalue weighted by molar-refractivity contribution is 6.43. The van der Waals surface area contributed by atoms with Gasteiger partial charge in [0.05, 0.1) is 16.6 Å². The van der Waals surface area contributed by atoms with Crippen molar-refractivity contribution in [1.29, 1.82) is 0 Å². The molecule has 0 atom stereocenters. The number of Topliss-reactive ketones (excluding diaryl/α,β-unsaturated/α-hetero) is 1. The number of carbonyl (C=O) groups is 1. The molecule has 0 unspecified atom stereocenters. The van der Waals surface area contributed by atoms with Gasteiger partial charge in [-0.1, -0.05) is 41.4 Å². The molecule has 1 aromatic rings. The van der Waals surface area contributed by atoms with Gasteiger partial charge < -0.3 is 0 Å². The van der Waals surface area contributed by atoms with E-state index < -0.39 is 0 Å². The van der Waals surface area contributed by atoms with Gasteiger partial charge >= 0.3 is 0 Å². The van der Waals surface area contributed by atoms with Crippen LogP contribution in [0, 0.1) is 5.92 Å². The van der Waals surface area contributed by atoms with Crippen molar-refractivity contribution in [2.24, 2.45) is 5.92 Å². The second-order valence-electron chi connectivity index (χ2n) is 7.59. The van der Waals surface area contributed by atoms with Crippen LogP contribution in [0.5, 0.6) is 0 Å². The first-order chi connectivity index (χ1) is 12.5. The van der Waals surface area contributed by atoms with Gasteiger partial charge in [0, 0.05) is 13.1 Å². The summed E-state index contributed by atoms with van der Waals surface area (Å²) in [5, 5.41) is 1.30. The number of halogens is 2. The molecule has 0 N–H and O–H groups in total. The number of piperidine rings is 1. The summed E-state index contributed by atoms with van der Waals surface area (Å²) in [4.78, 5) is 16.1. The van der Waals surface area contributed by atoms with Gasteiger partial charge in [0.1, 0.15) is 5.78 Å². The predicted octanol–water partition coefficient (Wildman–Crippen LogP) is 4.77. The van der Waals surface area contributed by atoms with E-state index >= 15 is 0 Å². The van der Waals surface area contributed by atoms with Crippen LogP contribution in [0.4, 0.5) is 0 Å². The third kappa shape index (κ3) is 5.32. The second-order valence-corrected chi connectivity index (χ2v) is 8.38. The SMILES string of the molecule is CC(=O)CN1CCC(CCN2CC=C(c3cccc(Cl)c3Cl)CC2)CC1. The molecule has 26 heavy (non-hydrogen) atoms. The first-order valence-corrected chi connectivity index (χ1v) is 10.4. The molecule has 0 radical (unpaired) electrons. The van der Waals surface area contributed by atoms with E-state index in [9.17, 15) is 4.79 Å². The molecule has 0 aliphatic carbocycles. The van der Waals surface area contributed by atoms with Crippen molar-refractivity contribution in [3.63, 3.8) is 0 Å². The van der Waals surface area contributed by atoms with Crippen molar-refractivity contribution in [2.75, 3.05) is 39.3 Å². The fourth-order valence-electron chi connectivity index (χ4n) is 4.02. The number of likely N-dealkylation sites (tertiary alicyclic amines) is 1. The molecule has 0 amide bonds. The van der Waals surface area contributed by atoms with Crippen LogP contribution in [0.1, 0.15) is 38.2 Å². The largest absolute Gasteiger partial charge is 0.299 e. The Balaban J connectivity index is 1.44. The normalized spacial score (nSPS) is 20.2. The van der Waals surface area contributed by atoms with Gasteiger partial charge in [-0.3, -0.25) is 14.6 Å². The highest BCUT2D eigenvalue weighted by atomic mass is 35.5. The highest BCUT2D eigenvalue weighted by Crippen LogP contribution is 2.33. The highest BCUT2D eigenvalue weighted by Gasteiger charge is 2.21. The molecule has 1 aromatic carbocycles. The number of ketones is 1. The Morgan fingerprint density at radius 3 is 2.58 bits per heavy atom. The summed E-state index contributed by atoms with van der Waals surface area (Å²) in [5.74, 6) is 1.07. The van der Waals surface area contributed by atoms with Crippen molar-refractivity contribution in [2.45, 2.75) is 32.6 Å². The zero-order valence-corrected chi connectivity index (χ0v) is 17.0. The monoisotopic (exact) mass is 394 g/mol. The number of nitrogens with zero attached hydrogens (tertiary/aromatic N) is 2. The first kappa shape index (κ1) is 19.9. The molecule has 3 nitrogen and oxygen atoms in total. The van der Waals surface area contributed by atoms with E-state index in [0.717, 1.165) is 50.6 Å². The predicted molar refractivity (Wildman–Crippen MR) is 110 cm³/mol. The smallest absolute Gasteiger partial charge is 0.143 e. The quantitative estimate of drug-likeness (QED) is 0.693. The average Bonchev–Trinajstić information content (AvgIpc) is 2.63. The maximum Gasteiger partial charge on any atom is 0.143 e. The van der Waals surface area contributed by atoms with E-state index in [-0.39, 0.29) is 5.78 Å². The summed E-state index contributed by atoms with van der Waals surface area (Å²) in [5.41, 5.74) is 2.39. The minimum atomic E-state index is 0.277. The van der Waals surface area contributed by atoms with Gasteiger partial charge in [0.2, 0.25) is 0 Å². The Morgan fingerprint density at radius 2 is 1.92 bits per heavy atom. The Labute approximate surface area is 166 Å². The van der Waals surface area contributed by atoms with Crippen molar-refractivity contribution in [3.8, 4) is 0 Å². The van der Waals surface area contributed by atoms with Crippen LogP contribution < -0.4 is 0 Å². The first-order valence-electron chi connectivity index (χ1n) is 9.60. The molecule has 0 saturated carbocycles. The van der Waals surface area contributed by atoms with E-state index in [2.05, 4.69) is 21.9 Å². The molecular weight excluding hydrogens is 367 g/mol. The number of hydrogen-bond donors (Lipinski definition) is 0. The molecule has 2 aliphatic rings. The van der Waals surface area contributed by atoms with Crippen molar-refractivity contribution >= 4 is 34.6 Å². The number of benzene rings is 1. The molecule has 5 heteroatoms. The van der Waals surface area contributed by atoms with E-state index in [0.29, 0.717) is 16.6 Å². The summed E-state index contributed by atoms with van der Waals surface area (Å²) >= 11 is 12.5. The van der Waals surface area contributed by atoms with Gasteiger partial charge in [0.25, 0.3) is 0 Å². The molecular formula is C21H28Cl2N2O. The minimum Gasteiger partial charge on any atom is -0.299 e. The molecule has 142 valence electrons. The average molecular weight is 395 g/mol. The number of carbonyl (C=O) groups excluding carboxylic acids is 1. The van der Waals surface area contributed by atoms with E-state index in [1.165, 1.54) is 24.8 Å². The van der Waals surface area contributed by atoms with Crippen molar-refractivity contribution in [3.05, 3.63) is 39.9 Å². The van der Waals surface area contributed by atoms with Crippen LogP contribution in [0.15, 0.2) is 24.3 Å². The molecule has 2 heterocycles. The lowest BCUT2D eigenvalue weighted by Crippen LogP contribution is -2.38. The molecule has 3 rings (SSSR count). The number of hydrogen-bond acceptors (Lipinski definition) is 3. The Bertz CT molecular complexity index is 666. The van der Waals surface area contributed by atoms with Crippen LogP contribution in [0.25, 0.3) is 5.57 Å². The molecule has 1 saturated heterocycles.